The van der Waals surface area contributed by atoms with Crippen molar-refractivity contribution in [2.45, 2.75) is 44.4 Å². The van der Waals surface area contributed by atoms with Crippen LogP contribution in [0, 0.1) is 0 Å². The molecule has 20 heavy (non-hydrogen) atoms. The summed E-state index contributed by atoms with van der Waals surface area (Å²) in [4.78, 5) is 21.3. The van der Waals surface area contributed by atoms with Crippen LogP contribution >= 0.6 is 0 Å². The maximum atomic E-state index is 5.83. The van der Waals surface area contributed by atoms with Gasteiger partial charge in [-0.1, -0.05) is 25.7 Å². The van der Waals surface area contributed by atoms with E-state index in [1.807, 2.05) is 0 Å². The second-order valence-electron chi connectivity index (χ2n) is 5.15. The molecule has 0 amide bonds. The lowest BCUT2D eigenvalue weighted by Crippen LogP contribution is -2.10. The third-order valence-corrected chi connectivity index (χ3v) is 3.68. The Bertz CT molecular complexity index is 563. The normalized spacial score (nSPS) is 16.8. The van der Waals surface area contributed by atoms with E-state index in [1.54, 1.807) is 18.6 Å². The number of anilines is 1. The van der Waals surface area contributed by atoms with Crippen molar-refractivity contribution in [1.29, 1.82) is 0 Å². The zero-order valence-electron chi connectivity index (χ0n) is 11.4. The molecule has 0 unspecified atom stereocenters. The summed E-state index contributed by atoms with van der Waals surface area (Å²) >= 11 is 0. The molecule has 104 valence electrons. The van der Waals surface area contributed by atoms with Crippen molar-refractivity contribution in [2.24, 2.45) is 0 Å². The van der Waals surface area contributed by atoms with Crippen LogP contribution in [0.4, 0.5) is 5.95 Å². The monoisotopic (exact) mass is 270 g/mol. The van der Waals surface area contributed by atoms with Crippen LogP contribution in [0.3, 0.4) is 0 Å². The molecule has 2 N–H and O–H groups in total. The Morgan fingerprint density at radius 3 is 2.45 bits per heavy atom. The minimum absolute atomic E-state index is 0.264. The van der Waals surface area contributed by atoms with Gasteiger partial charge in [0.25, 0.3) is 0 Å². The highest BCUT2D eigenvalue weighted by Crippen LogP contribution is 2.30. The topological polar surface area (TPSA) is 90.5 Å². The molecule has 1 aliphatic carbocycles. The summed E-state index contributed by atoms with van der Waals surface area (Å²) < 4.78 is 0. The molecule has 0 atom stereocenters. The summed E-state index contributed by atoms with van der Waals surface area (Å²) in [5, 5.41) is 0. The van der Waals surface area contributed by atoms with Gasteiger partial charge >= 0.3 is 0 Å². The first-order valence-corrected chi connectivity index (χ1v) is 7.11. The van der Waals surface area contributed by atoms with E-state index in [0.29, 0.717) is 17.4 Å². The minimum Gasteiger partial charge on any atom is -0.368 e. The van der Waals surface area contributed by atoms with Crippen molar-refractivity contribution in [3.63, 3.8) is 0 Å². The second kappa shape index (κ2) is 5.90. The number of nitrogens with zero attached hydrogens (tertiary/aromatic N) is 5. The van der Waals surface area contributed by atoms with Crippen molar-refractivity contribution in [3.05, 3.63) is 24.4 Å². The van der Waals surface area contributed by atoms with Gasteiger partial charge in [0.2, 0.25) is 5.95 Å². The first-order valence-electron chi connectivity index (χ1n) is 7.11. The predicted molar refractivity (Wildman–Crippen MR) is 75.7 cm³/mol. The Hall–Kier alpha value is -2.11. The van der Waals surface area contributed by atoms with Gasteiger partial charge in [0.15, 0.2) is 5.82 Å². The first-order chi connectivity index (χ1) is 9.83. The molecular formula is C14H18N6. The van der Waals surface area contributed by atoms with Gasteiger partial charge in [0.1, 0.15) is 11.5 Å². The molecule has 0 bridgehead atoms. The van der Waals surface area contributed by atoms with E-state index < -0.39 is 0 Å². The Balaban J connectivity index is 1.94. The Kier molecular flexibility index (Phi) is 3.80. The lowest BCUT2D eigenvalue weighted by atomic mass is 9.99. The van der Waals surface area contributed by atoms with Crippen molar-refractivity contribution >= 4 is 5.95 Å². The molecule has 0 aromatic carbocycles. The van der Waals surface area contributed by atoms with Gasteiger partial charge in [-0.05, 0) is 12.8 Å². The van der Waals surface area contributed by atoms with Gasteiger partial charge in [-0.15, -0.1) is 0 Å². The van der Waals surface area contributed by atoms with E-state index >= 15 is 0 Å². The largest absolute Gasteiger partial charge is 0.368 e. The molecule has 1 fully saturated rings. The number of nitrogen functional groups attached to an aromatic ring is 1. The van der Waals surface area contributed by atoms with Crippen LogP contribution in [0.15, 0.2) is 18.6 Å². The molecule has 0 spiro atoms. The molecule has 0 radical (unpaired) electrons. The average Bonchev–Trinajstić information content (AvgIpc) is 2.77. The molecular weight excluding hydrogens is 252 g/mol. The van der Waals surface area contributed by atoms with Crippen molar-refractivity contribution in [1.82, 2.24) is 24.9 Å². The maximum absolute atomic E-state index is 5.83. The number of nitrogens with two attached hydrogens (primary N) is 1. The minimum atomic E-state index is 0.264. The zero-order valence-corrected chi connectivity index (χ0v) is 11.4. The summed E-state index contributed by atoms with van der Waals surface area (Å²) in [6.07, 6.45) is 12.2. The summed E-state index contributed by atoms with van der Waals surface area (Å²) in [5.74, 6) is 1.98. The van der Waals surface area contributed by atoms with Gasteiger partial charge in [0, 0.05) is 18.3 Å². The predicted octanol–water partition coefficient (Wildman–Crippen LogP) is 2.35. The van der Waals surface area contributed by atoms with E-state index in [9.17, 15) is 0 Å². The summed E-state index contributed by atoms with van der Waals surface area (Å²) in [5.41, 5.74) is 6.47. The third-order valence-electron chi connectivity index (χ3n) is 3.68. The van der Waals surface area contributed by atoms with Crippen LogP contribution < -0.4 is 5.73 Å². The van der Waals surface area contributed by atoms with Gasteiger partial charge in [-0.2, -0.15) is 9.97 Å². The second-order valence-corrected chi connectivity index (χ2v) is 5.15. The number of hydrogen-bond acceptors (Lipinski definition) is 6. The molecule has 0 aliphatic heterocycles. The van der Waals surface area contributed by atoms with Crippen molar-refractivity contribution < 1.29 is 0 Å². The molecule has 1 aliphatic rings. The van der Waals surface area contributed by atoms with Crippen LogP contribution in [0.2, 0.25) is 0 Å². The molecule has 6 nitrogen and oxygen atoms in total. The molecule has 2 aromatic rings. The number of rotatable bonds is 2. The fourth-order valence-electron chi connectivity index (χ4n) is 2.66. The Morgan fingerprint density at radius 1 is 0.950 bits per heavy atom. The van der Waals surface area contributed by atoms with Crippen LogP contribution in [0.1, 0.15) is 50.3 Å². The van der Waals surface area contributed by atoms with Gasteiger partial charge in [-0.3, -0.25) is 4.98 Å². The van der Waals surface area contributed by atoms with Crippen LogP contribution in [-0.4, -0.2) is 24.9 Å². The molecule has 3 rings (SSSR count). The van der Waals surface area contributed by atoms with Crippen LogP contribution in [0.25, 0.3) is 11.5 Å². The van der Waals surface area contributed by atoms with Gasteiger partial charge in [0.05, 0.1) is 6.20 Å². The number of hydrogen-bond donors (Lipinski definition) is 1. The summed E-state index contributed by atoms with van der Waals surface area (Å²) in [6, 6.07) is 0. The molecule has 6 heteroatoms. The molecule has 2 aromatic heterocycles. The van der Waals surface area contributed by atoms with Crippen molar-refractivity contribution in [2.75, 3.05) is 5.73 Å². The average molecular weight is 270 g/mol. The van der Waals surface area contributed by atoms with Gasteiger partial charge < -0.3 is 5.73 Å². The summed E-state index contributed by atoms with van der Waals surface area (Å²) in [7, 11) is 0. The highest BCUT2D eigenvalue weighted by Gasteiger charge is 2.19. The Morgan fingerprint density at radius 2 is 1.75 bits per heavy atom. The zero-order chi connectivity index (χ0) is 13.8. The lowest BCUT2D eigenvalue weighted by molar-refractivity contribution is 0.559. The SMILES string of the molecule is Nc1nc(-c2cnccn2)nc(C2CCCCCC2)n1. The first kappa shape index (κ1) is 12.9. The molecule has 2 heterocycles. The fourth-order valence-corrected chi connectivity index (χ4v) is 2.66. The highest BCUT2D eigenvalue weighted by molar-refractivity contribution is 5.48. The molecule has 1 saturated carbocycles. The van der Waals surface area contributed by atoms with E-state index in [4.69, 9.17) is 5.73 Å². The smallest absolute Gasteiger partial charge is 0.223 e. The van der Waals surface area contributed by atoms with Crippen molar-refractivity contribution in [3.8, 4) is 11.5 Å². The van der Waals surface area contributed by atoms with E-state index in [2.05, 4.69) is 24.9 Å². The van der Waals surface area contributed by atoms with Gasteiger partial charge in [-0.25, -0.2) is 9.97 Å². The van der Waals surface area contributed by atoms with Crippen LogP contribution in [0.5, 0.6) is 0 Å². The standard InChI is InChI=1S/C14H18N6/c15-14-19-12(10-5-3-1-2-4-6-10)18-13(20-14)11-9-16-7-8-17-11/h7-10H,1-6H2,(H2,15,18,19,20). The lowest BCUT2D eigenvalue weighted by Gasteiger charge is -2.13. The quantitative estimate of drug-likeness (QED) is 0.842. The van der Waals surface area contributed by atoms with Crippen LogP contribution in [-0.2, 0) is 0 Å². The third kappa shape index (κ3) is 2.89. The highest BCUT2D eigenvalue weighted by atomic mass is 15.1. The summed E-state index contributed by atoms with van der Waals surface area (Å²) in [6.45, 7) is 0. The van der Waals surface area contributed by atoms with E-state index in [-0.39, 0.29) is 5.95 Å². The Labute approximate surface area is 117 Å². The van der Waals surface area contributed by atoms with E-state index in [1.165, 1.54) is 25.7 Å². The van der Waals surface area contributed by atoms with E-state index in [0.717, 1.165) is 18.7 Å². The fraction of sp³-hybridized carbons (Fsp3) is 0.500. The maximum Gasteiger partial charge on any atom is 0.223 e. The number of aromatic nitrogens is 5. The molecule has 0 saturated heterocycles.